The number of carbonyl (C=O) groups is 1. The Labute approximate surface area is 169 Å². The molecule has 0 aliphatic rings. The molecule has 1 aromatic heterocycles. The lowest BCUT2D eigenvalue weighted by atomic mass is 10.2. The normalized spacial score (nSPS) is 10.9. The third-order valence-electron chi connectivity index (χ3n) is 4.27. The Hall–Kier alpha value is -3.55. The standard InChI is InChI=1S/C21H24N6O2/c1-2-3-4-5-14-29-20-12-6-17(7-13-20)15-22-24-21(28)18-8-10-19(11-9-18)27-16-23-25-26-27/h6-13,15-16H,2-5,14H2,1H3,(H,24,28)/b22-15+. The minimum absolute atomic E-state index is 0.295. The summed E-state index contributed by atoms with van der Waals surface area (Å²) in [4.78, 5) is 12.2. The molecule has 0 atom stereocenters. The first-order valence-electron chi connectivity index (χ1n) is 9.66. The second-order valence-corrected chi connectivity index (χ2v) is 6.48. The molecule has 0 aliphatic heterocycles. The van der Waals surface area contributed by atoms with Crippen LogP contribution in [0.4, 0.5) is 0 Å². The van der Waals surface area contributed by atoms with E-state index < -0.39 is 0 Å². The van der Waals surface area contributed by atoms with Gasteiger partial charge in [0.2, 0.25) is 0 Å². The first-order chi connectivity index (χ1) is 14.3. The van der Waals surface area contributed by atoms with Gasteiger partial charge in [-0.2, -0.15) is 5.10 Å². The minimum atomic E-state index is -0.295. The Morgan fingerprint density at radius 2 is 1.90 bits per heavy atom. The number of hydrogen-bond acceptors (Lipinski definition) is 6. The SMILES string of the molecule is CCCCCCOc1ccc(/C=N/NC(=O)c2ccc(-n3cnnn3)cc2)cc1. The molecule has 1 N–H and O–H groups in total. The van der Waals surface area contributed by atoms with Crippen molar-refractivity contribution in [1.29, 1.82) is 0 Å². The molecule has 0 radical (unpaired) electrons. The zero-order valence-electron chi connectivity index (χ0n) is 16.4. The Bertz CT molecular complexity index is 905. The van der Waals surface area contributed by atoms with E-state index in [4.69, 9.17) is 4.74 Å². The second-order valence-electron chi connectivity index (χ2n) is 6.48. The summed E-state index contributed by atoms with van der Waals surface area (Å²) >= 11 is 0. The second kappa shape index (κ2) is 10.7. The van der Waals surface area contributed by atoms with Crippen LogP contribution in [-0.2, 0) is 0 Å². The van der Waals surface area contributed by atoms with Gasteiger partial charge in [-0.05, 0) is 70.9 Å². The van der Waals surface area contributed by atoms with E-state index >= 15 is 0 Å². The highest BCUT2D eigenvalue weighted by atomic mass is 16.5. The van der Waals surface area contributed by atoms with Gasteiger partial charge in [0.1, 0.15) is 12.1 Å². The number of aromatic nitrogens is 4. The molecule has 0 unspecified atom stereocenters. The van der Waals surface area contributed by atoms with Crippen molar-refractivity contribution in [1.82, 2.24) is 25.6 Å². The van der Waals surface area contributed by atoms with Crippen LogP contribution in [-0.4, -0.2) is 38.9 Å². The van der Waals surface area contributed by atoms with E-state index in [1.165, 1.54) is 30.3 Å². The lowest BCUT2D eigenvalue weighted by molar-refractivity contribution is 0.0955. The summed E-state index contributed by atoms with van der Waals surface area (Å²) < 4.78 is 7.23. The van der Waals surface area contributed by atoms with Crippen LogP contribution in [0.5, 0.6) is 5.75 Å². The molecule has 8 heteroatoms. The van der Waals surface area contributed by atoms with Gasteiger partial charge < -0.3 is 4.74 Å². The number of tetrazole rings is 1. The van der Waals surface area contributed by atoms with Crippen LogP contribution in [0.2, 0.25) is 0 Å². The van der Waals surface area contributed by atoms with Crippen molar-refractivity contribution < 1.29 is 9.53 Å². The number of unbranched alkanes of at least 4 members (excludes halogenated alkanes) is 3. The molecule has 29 heavy (non-hydrogen) atoms. The molecule has 0 saturated carbocycles. The quantitative estimate of drug-likeness (QED) is 0.324. The maximum Gasteiger partial charge on any atom is 0.271 e. The van der Waals surface area contributed by atoms with Crippen LogP contribution in [0.1, 0.15) is 48.5 Å². The molecule has 0 spiro atoms. The summed E-state index contributed by atoms with van der Waals surface area (Å²) in [7, 11) is 0. The van der Waals surface area contributed by atoms with Crippen LogP contribution >= 0.6 is 0 Å². The fraction of sp³-hybridized carbons (Fsp3) is 0.286. The molecule has 1 amide bonds. The van der Waals surface area contributed by atoms with E-state index in [0.29, 0.717) is 5.56 Å². The van der Waals surface area contributed by atoms with Crippen molar-refractivity contribution >= 4 is 12.1 Å². The molecule has 3 rings (SSSR count). The molecule has 0 bridgehead atoms. The number of hydrazone groups is 1. The summed E-state index contributed by atoms with van der Waals surface area (Å²) in [6, 6.07) is 14.5. The predicted molar refractivity (Wildman–Crippen MR) is 110 cm³/mol. The van der Waals surface area contributed by atoms with Crippen molar-refractivity contribution in [2.75, 3.05) is 6.61 Å². The molecular weight excluding hydrogens is 368 g/mol. The van der Waals surface area contributed by atoms with Gasteiger partial charge in [0.05, 0.1) is 18.5 Å². The molecule has 150 valence electrons. The van der Waals surface area contributed by atoms with E-state index in [2.05, 4.69) is 33.0 Å². The average Bonchev–Trinajstić information content (AvgIpc) is 3.30. The van der Waals surface area contributed by atoms with Crippen LogP contribution in [0.15, 0.2) is 60.0 Å². The van der Waals surface area contributed by atoms with E-state index in [1.807, 2.05) is 24.3 Å². The van der Waals surface area contributed by atoms with Crippen LogP contribution in [0.25, 0.3) is 5.69 Å². The fourth-order valence-corrected chi connectivity index (χ4v) is 2.64. The third kappa shape index (κ3) is 6.24. The predicted octanol–water partition coefficient (Wildman–Crippen LogP) is 3.39. The number of hydrogen-bond donors (Lipinski definition) is 1. The molecule has 0 aliphatic carbocycles. The van der Waals surface area contributed by atoms with Gasteiger partial charge in [0.25, 0.3) is 5.91 Å². The summed E-state index contributed by atoms with van der Waals surface area (Å²) in [6.45, 7) is 2.92. The minimum Gasteiger partial charge on any atom is -0.494 e. The van der Waals surface area contributed by atoms with Gasteiger partial charge in [0, 0.05) is 5.56 Å². The molecule has 8 nitrogen and oxygen atoms in total. The Balaban J connectivity index is 1.46. The van der Waals surface area contributed by atoms with E-state index in [0.717, 1.165) is 30.0 Å². The monoisotopic (exact) mass is 392 g/mol. The van der Waals surface area contributed by atoms with Crippen LogP contribution in [0.3, 0.4) is 0 Å². The van der Waals surface area contributed by atoms with Gasteiger partial charge in [-0.25, -0.2) is 10.1 Å². The van der Waals surface area contributed by atoms with Gasteiger partial charge in [-0.3, -0.25) is 4.79 Å². The summed E-state index contributed by atoms with van der Waals surface area (Å²) in [5.74, 6) is 0.543. The molecule has 2 aromatic carbocycles. The third-order valence-corrected chi connectivity index (χ3v) is 4.27. The van der Waals surface area contributed by atoms with Gasteiger partial charge in [-0.15, -0.1) is 5.10 Å². The Morgan fingerprint density at radius 3 is 2.59 bits per heavy atom. The first kappa shape index (κ1) is 20.2. The number of nitrogens with one attached hydrogen (secondary N) is 1. The molecular formula is C21H24N6O2. The first-order valence-corrected chi connectivity index (χ1v) is 9.66. The number of nitrogens with zero attached hydrogens (tertiary/aromatic N) is 5. The highest BCUT2D eigenvalue weighted by molar-refractivity contribution is 5.95. The van der Waals surface area contributed by atoms with E-state index in [9.17, 15) is 4.79 Å². The highest BCUT2D eigenvalue weighted by Gasteiger charge is 2.05. The van der Waals surface area contributed by atoms with Crippen molar-refractivity contribution in [3.05, 3.63) is 66.0 Å². The number of ether oxygens (including phenoxy) is 1. The smallest absolute Gasteiger partial charge is 0.271 e. The van der Waals surface area contributed by atoms with Crippen molar-refractivity contribution in [2.45, 2.75) is 32.6 Å². The van der Waals surface area contributed by atoms with Crippen LogP contribution < -0.4 is 10.2 Å². The van der Waals surface area contributed by atoms with Gasteiger partial charge in [-0.1, -0.05) is 26.2 Å². The van der Waals surface area contributed by atoms with Gasteiger partial charge in [0.15, 0.2) is 0 Å². The summed E-state index contributed by atoms with van der Waals surface area (Å²) in [5.41, 5.74) is 4.65. The van der Waals surface area contributed by atoms with Crippen molar-refractivity contribution in [3.63, 3.8) is 0 Å². The lowest BCUT2D eigenvalue weighted by Crippen LogP contribution is -2.17. The van der Waals surface area contributed by atoms with Crippen molar-refractivity contribution in [2.24, 2.45) is 5.10 Å². The maximum absolute atomic E-state index is 12.2. The number of carbonyl (C=O) groups excluding carboxylic acids is 1. The van der Waals surface area contributed by atoms with Crippen LogP contribution in [0, 0.1) is 0 Å². The molecule has 0 saturated heterocycles. The van der Waals surface area contributed by atoms with E-state index in [-0.39, 0.29) is 5.91 Å². The average molecular weight is 392 g/mol. The number of rotatable bonds is 10. The summed E-state index contributed by atoms with van der Waals surface area (Å²) in [6.07, 6.45) is 7.81. The number of amides is 1. The Morgan fingerprint density at radius 1 is 1.10 bits per heavy atom. The fourth-order valence-electron chi connectivity index (χ4n) is 2.64. The number of benzene rings is 2. The molecule has 0 fully saturated rings. The largest absolute Gasteiger partial charge is 0.494 e. The summed E-state index contributed by atoms with van der Waals surface area (Å²) in [5, 5.41) is 15.0. The molecule has 3 aromatic rings. The zero-order valence-corrected chi connectivity index (χ0v) is 16.4. The topological polar surface area (TPSA) is 94.3 Å². The van der Waals surface area contributed by atoms with E-state index in [1.54, 1.807) is 30.5 Å². The lowest BCUT2D eigenvalue weighted by Gasteiger charge is -2.06. The highest BCUT2D eigenvalue weighted by Crippen LogP contribution is 2.12. The molecule has 1 heterocycles. The van der Waals surface area contributed by atoms with Gasteiger partial charge >= 0.3 is 0 Å². The maximum atomic E-state index is 12.2. The zero-order chi connectivity index (χ0) is 20.3. The van der Waals surface area contributed by atoms with Crippen molar-refractivity contribution in [3.8, 4) is 11.4 Å². The Kier molecular flexibility index (Phi) is 7.45.